The van der Waals surface area contributed by atoms with Crippen molar-refractivity contribution in [2.45, 2.75) is 13.0 Å². The lowest BCUT2D eigenvalue weighted by Gasteiger charge is -2.16. The number of rotatable bonds is 7. The van der Waals surface area contributed by atoms with E-state index in [9.17, 15) is 14.0 Å². The summed E-state index contributed by atoms with van der Waals surface area (Å²) in [5.41, 5.74) is 0.562. The number of benzene rings is 2. The smallest absolute Gasteiger partial charge is 0.260 e. The minimum absolute atomic E-state index is 0.200. The maximum absolute atomic E-state index is 13.0. The Balaban J connectivity index is 1.73. The van der Waals surface area contributed by atoms with Crippen LogP contribution in [-0.2, 0) is 4.79 Å². The van der Waals surface area contributed by atoms with Crippen LogP contribution in [0.1, 0.15) is 17.3 Å². The van der Waals surface area contributed by atoms with Crippen LogP contribution >= 0.6 is 15.9 Å². The fourth-order valence-electron chi connectivity index (χ4n) is 2.01. The third-order valence-electron chi connectivity index (χ3n) is 3.31. The van der Waals surface area contributed by atoms with Crippen LogP contribution < -0.4 is 15.4 Å². The van der Waals surface area contributed by atoms with Gasteiger partial charge in [0.25, 0.3) is 11.8 Å². The van der Waals surface area contributed by atoms with Gasteiger partial charge in [-0.25, -0.2) is 4.39 Å². The maximum Gasteiger partial charge on any atom is 0.260 e. The van der Waals surface area contributed by atoms with Crippen molar-refractivity contribution in [3.05, 3.63) is 64.4 Å². The zero-order valence-corrected chi connectivity index (χ0v) is 15.2. The van der Waals surface area contributed by atoms with E-state index in [0.717, 1.165) is 0 Å². The van der Waals surface area contributed by atoms with E-state index in [4.69, 9.17) is 4.74 Å². The van der Waals surface area contributed by atoms with Crippen LogP contribution in [0.3, 0.4) is 0 Å². The molecule has 0 saturated heterocycles. The Kier molecular flexibility index (Phi) is 6.94. The molecule has 0 aliphatic rings. The molecule has 2 aromatic rings. The third-order valence-corrected chi connectivity index (χ3v) is 3.93. The van der Waals surface area contributed by atoms with Gasteiger partial charge in [-0.1, -0.05) is 18.2 Å². The van der Waals surface area contributed by atoms with Gasteiger partial charge in [0.2, 0.25) is 0 Å². The van der Waals surface area contributed by atoms with Gasteiger partial charge >= 0.3 is 0 Å². The first kappa shape index (κ1) is 18.9. The number of halogens is 2. The van der Waals surface area contributed by atoms with Crippen LogP contribution in [-0.4, -0.2) is 31.0 Å². The molecular formula is C18H18BrFN2O3. The van der Waals surface area contributed by atoms with Crippen molar-refractivity contribution >= 4 is 27.7 Å². The Hall–Kier alpha value is -2.41. The van der Waals surface area contributed by atoms with Crippen molar-refractivity contribution in [3.8, 4) is 5.75 Å². The first-order valence-corrected chi connectivity index (χ1v) is 8.49. The lowest BCUT2D eigenvalue weighted by atomic mass is 10.2. The third kappa shape index (κ3) is 5.86. The number of ether oxygens (including phenoxy) is 1. The van der Waals surface area contributed by atoms with Crippen LogP contribution in [0, 0.1) is 5.82 Å². The molecule has 2 amide bonds. The molecule has 0 heterocycles. The molecule has 25 heavy (non-hydrogen) atoms. The van der Waals surface area contributed by atoms with E-state index in [1.807, 2.05) is 6.07 Å². The zero-order chi connectivity index (χ0) is 18.2. The molecule has 0 saturated carbocycles. The van der Waals surface area contributed by atoms with Crippen LogP contribution in [0.15, 0.2) is 53.0 Å². The quantitative estimate of drug-likeness (QED) is 0.692. The second-order valence-electron chi connectivity index (χ2n) is 5.25. The summed E-state index contributed by atoms with van der Waals surface area (Å²) in [5, 5.41) is 5.39. The lowest BCUT2D eigenvalue weighted by Crippen LogP contribution is -2.40. The van der Waals surface area contributed by atoms with Crippen molar-refractivity contribution in [1.82, 2.24) is 10.6 Å². The molecule has 0 unspecified atom stereocenters. The van der Waals surface area contributed by atoms with E-state index >= 15 is 0 Å². The molecule has 0 fully saturated rings. The molecule has 5 nitrogen and oxygen atoms in total. The van der Waals surface area contributed by atoms with Gasteiger partial charge in [0.1, 0.15) is 11.6 Å². The second kappa shape index (κ2) is 9.17. The summed E-state index contributed by atoms with van der Waals surface area (Å²) in [7, 11) is 0. The maximum atomic E-state index is 13.0. The number of hydrogen-bond acceptors (Lipinski definition) is 3. The fourth-order valence-corrected chi connectivity index (χ4v) is 2.46. The average Bonchev–Trinajstić information content (AvgIpc) is 2.61. The monoisotopic (exact) mass is 408 g/mol. The Morgan fingerprint density at radius 2 is 1.80 bits per heavy atom. The Bertz CT molecular complexity index is 740. The average molecular weight is 409 g/mol. The second-order valence-corrected chi connectivity index (χ2v) is 6.10. The molecule has 0 spiro atoms. The molecule has 0 aliphatic carbocycles. The summed E-state index contributed by atoms with van der Waals surface area (Å²) in [5.74, 6) is -0.550. The van der Waals surface area contributed by atoms with Crippen molar-refractivity contribution in [2.24, 2.45) is 0 Å². The molecule has 2 rings (SSSR count). The molecular weight excluding hydrogens is 391 g/mol. The molecule has 2 N–H and O–H groups in total. The summed E-state index contributed by atoms with van der Waals surface area (Å²) in [6, 6.07) is 12.8. The van der Waals surface area contributed by atoms with Crippen LogP contribution in [0.2, 0.25) is 0 Å². The summed E-state index contributed by atoms with van der Waals surface area (Å²) >= 11 is 3.18. The summed E-state index contributed by atoms with van der Waals surface area (Å²) in [6.45, 7) is 2.16. The lowest BCUT2D eigenvalue weighted by molar-refractivity contribution is -0.127. The predicted octanol–water partition coefficient (Wildman–Crippen LogP) is 2.90. The van der Waals surface area contributed by atoms with E-state index < -0.39 is 11.9 Å². The van der Waals surface area contributed by atoms with Gasteiger partial charge in [0.15, 0.2) is 6.10 Å². The van der Waals surface area contributed by atoms with Crippen molar-refractivity contribution in [1.29, 1.82) is 0 Å². The van der Waals surface area contributed by atoms with Gasteiger partial charge in [0, 0.05) is 18.7 Å². The normalized spacial score (nSPS) is 11.5. The van der Waals surface area contributed by atoms with E-state index in [1.165, 1.54) is 18.2 Å². The highest BCUT2D eigenvalue weighted by Crippen LogP contribution is 2.26. The highest BCUT2D eigenvalue weighted by atomic mass is 79.9. The number of hydrogen-bond donors (Lipinski definition) is 2. The van der Waals surface area contributed by atoms with Gasteiger partial charge < -0.3 is 15.4 Å². The Morgan fingerprint density at radius 3 is 2.48 bits per heavy atom. The first-order valence-electron chi connectivity index (χ1n) is 7.70. The minimum Gasteiger partial charge on any atom is -0.480 e. The number of nitrogens with one attached hydrogen (secondary N) is 2. The Labute approximate surface area is 153 Å². The predicted molar refractivity (Wildman–Crippen MR) is 96.0 cm³/mol. The van der Waals surface area contributed by atoms with Gasteiger partial charge in [0.05, 0.1) is 4.47 Å². The molecule has 0 aliphatic heterocycles. The van der Waals surface area contributed by atoms with Crippen molar-refractivity contribution < 1.29 is 18.7 Å². The van der Waals surface area contributed by atoms with Crippen LogP contribution in [0.4, 0.5) is 4.39 Å². The number of carbonyl (C=O) groups is 2. The number of carbonyl (C=O) groups excluding carboxylic acids is 2. The standard InChI is InChI=1S/C18H18BrFN2O3/c1-12(25-16-8-7-14(20)11-15(16)19)17(23)21-9-10-22-18(24)13-5-3-2-4-6-13/h2-8,11-12H,9-10H2,1H3,(H,21,23)(H,22,24)/t12-/m1/s1. The van der Waals surface area contributed by atoms with E-state index in [1.54, 1.807) is 31.2 Å². The fraction of sp³-hybridized carbons (Fsp3) is 0.222. The summed E-state index contributed by atoms with van der Waals surface area (Å²) in [4.78, 5) is 23.8. The molecule has 1 atom stereocenters. The van der Waals surface area contributed by atoms with Gasteiger partial charge in [-0.2, -0.15) is 0 Å². The highest BCUT2D eigenvalue weighted by Gasteiger charge is 2.16. The molecule has 0 bridgehead atoms. The largest absolute Gasteiger partial charge is 0.480 e. The summed E-state index contributed by atoms with van der Waals surface area (Å²) < 4.78 is 19.0. The molecule has 2 aromatic carbocycles. The van der Waals surface area contributed by atoms with Crippen LogP contribution in [0.25, 0.3) is 0 Å². The van der Waals surface area contributed by atoms with E-state index in [-0.39, 0.29) is 18.4 Å². The zero-order valence-electron chi connectivity index (χ0n) is 13.6. The highest BCUT2D eigenvalue weighted by molar-refractivity contribution is 9.10. The van der Waals surface area contributed by atoms with Crippen molar-refractivity contribution in [3.63, 3.8) is 0 Å². The van der Waals surface area contributed by atoms with E-state index in [2.05, 4.69) is 26.6 Å². The van der Waals surface area contributed by atoms with E-state index in [0.29, 0.717) is 22.3 Å². The summed E-state index contributed by atoms with van der Waals surface area (Å²) in [6.07, 6.45) is -0.758. The first-order chi connectivity index (χ1) is 12.0. The SMILES string of the molecule is C[C@@H](Oc1ccc(F)cc1Br)C(=O)NCCNC(=O)c1ccccc1. The Morgan fingerprint density at radius 1 is 1.12 bits per heavy atom. The van der Waals surface area contributed by atoms with Gasteiger partial charge in [-0.15, -0.1) is 0 Å². The van der Waals surface area contributed by atoms with Gasteiger partial charge in [-0.3, -0.25) is 9.59 Å². The van der Waals surface area contributed by atoms with Crippen molar-refractivity contribution in [2.75, 3.05) is 13.1 Å². The van der Waals surface area contributed by atoms with Gasteiger partial charge in [-0.05, 0) is 53.2 Å². The minimum atomic E-state index is -0.758. The molecule has 0 radical (unpaired) electrons. The molecule has 132 valence electrons. The number of amides is 2. The topological polar surface area (TPSA) is 67.4 Å². The molecule has 0 aromatic heterocycles. The van der Waals surface area contributed by atoms with Crippen LogP contribution in [0.5, 0.6) is 5.75 Å². The molecule has 7 heteroatoms.